The average molecular weight is 229 g/mol. The SMILES string of the molecule is CCCn1c(CO)ccc1Cc1ccccc1. The third-order valence-electron chi connectivity index (χ3n) is 3.00. The van der Waals surface area contributed by atoms with Gasteiger partial charge < -0.3 is 9.67 Å². The summed E-state index contributed by atoms with van der Waals surface area (Å²) >= 11 is 0. The van der Waals surface area contributed by atoms with Crippen molar-refractivity contribution in [2.45, 2.75) is 32.9 Å². The summed E-state index contributed by atoms with van der Waals surface area (Å²) in [4.78, 5) is 0. The fraction of sp³-hybridized carbons (Fsp3) is 0.333. The molecule has 0 aliphatic rings. The Kier molecular flexibility index (Phi) is 3.99. The normalized spacial score (nSPS) is 10.7. The Morgan fingerprint density at radius 1 is 1.00 bits per heavy atom. The number of hydrogen-bond acceptors (Lipinski definition) is 1. The molecule has 0 fully saturated rings. The first kappa shape index (κ1) is 11.9. The van der Waals surface area contributed by atoms with Crippen LogP contribution < -0.4 is 0 Å². The number of aliphatic hydroxyl groups is 1. The van der Waals surface area contributed by atoms with Gasteiger partial charge >= 0.3 is 0 Å². The summed E-state index contributed by atoms with van der Waals surface area (Å²) < 4.78 is 2.23. The minimum atomic E-state index is 0.120. The van der Waals surface area contributed by atoms with Crippen LogP contribution in [0.1, 0.15) is 30.3 Å². The van der Waals surface area contributed by atoms with E-state index < -0.39 is 0 Å². The van der Waals surface area contributed by atoms with Gasteiger partial charge in [0, 0.05) is 24.4 Å². The topological polar surface area (TPSA) is 25.2 Å². The van der Waals surface area contributed by atoms with Gasteiger partial charge in [-0.15, -0.1) is 0 Å². The second kappa shape index (κ2) is 5.69. The summed E-state index contributed by atoms with van der Waals surface area (Å²) in [5.74, 6) is 0. The number of hydrogen-bond donors (Lipinski definition) is 1. The van der Waals surface area contributed by atoms with E-state index in [4.69, 9.17) is 0 Å². The highest BCUT2D eigenvalue weighted by molar-refractivity contribution is 5.25. The Hall–Kier alpha value is -1.54. The van der Waals surface area contributed by atoms with Crippen molar-refractivity contribution in [1.29, 1.82) is 0 Å². The van der Waals surface area contributed by atoms with Crippen LogP contribution in [0.5, 0.6) is 0 Å². The van der Waals surface area contributed by atoms with E-state index >= 15 is 0 Å². The zero-order valence-electron chi connectivity index (χ0n) is 10.3. The van der Waals surface area contributed by atoms with Gasteiger partial charge in [-0.3, -0.25) is 0 Å². The minimum Gasteiger partial charge on any atom is -0.390 e. The summed E-state index contributed by atoms with van der Waals surface area (Å²) in [6.07, 6.45) is 2.02. The first-order chi connectivity index (χ1) is 8.35. The molecule has 0 spiro atoms. The molecule has 2 rings (SSSR count). The molecule has 0 aliphatic heterocycles. The molecule has 0 atom stereocenters. The van der Waals surface area contributed by atoms with Crippen LogP contribution in [0.2, 0.25) is 0 Å². The van der Waals surface area contributed by atoms with E-state index in [1.165, 1.54) is 11.3 Å². The lowest BCUT2D eigenvalue weighted by molar-refractivity contribution is 0.270. The molecule has 1 aromatic heterocycles. The summed E-state index contributed by atoms with van der Waals surface area (Å²) in [6, 6.07) is 14.6. The van der Waals surface area contributed by atoms with Crippen molar-refractivity contribution in [3.63, 3.8) is 0 Å². The fourth-order valence-corrected chi connectivity index (χ4v) is 2.17. The monoisotopic (exact) mass is 229 g/mol. The van der Waals surface area contributed by atoms with Crippen LogP contribution in [-0.2, 0) is 19.6 Å². The van der Waals surface area contributed by atoms with E-state index in [0.717, 1.165) is 25.1 Å². The molecule has 0 bridgehead atoms. The van der Waals surface area contributed by atoms with Gasteiger partial charge in [0.25, 0.3) is 0 Å². The number of nitrogens with zero attached hydrogens (tertiary/aromatic N) is 1. The van der Waals surface area contributed by atoms with Gasteiger partial charge in [-0.1, -0.05) is 37.3 Å². The third-order valence-corrected chi connectivity index (χ3v) is 3.00. The van der Waals surface area contributed by atoms with Crippen molar-refractivity contribution in [3.05, 3.63) is 59.4 Å². The average Bonchev–Trinajstić information content (AvgIpc) is 2.74. The number of benzene rings is 1. The van der Waals surface area contributed by atoms with Crippen LogP contribution in [0, 0.1) is 0 Å². The van der Waals surface area contributed by atoms with Crippen molar-refractivity contribution in [1.82, 2.24) is 4.57 Å². The molecule has 2 heteroatoms. The van der Waals surface area contributed by atoms with Crippen molar-refractivity contribution in [3.8, 4) is 0 Å². The van der Waals surface area contributed by atoms with Crippen molar-refractivity contribution < 1.29 is 5.11 Å². The van der Waals surface area contributed by atoms with Gasteiger partial charge in [-0.25, -0.2) is 0 Å². The lowest BCUT2D eigenvalue weighted by atomic mass is 10.1. The molecule has 0 saturated carbocycles. The highest BCUT2D eigenvalue weighted by Gasteiger charge is 2.07. The van der Waals surface area contributed by atoms with Crippen molar-refractivity contribution in [2.75, 3.05) is 0 Å². The van der Waals surface area contributed by atoms with Crippen LogP contribution >= 0.6 is 0 Å². The van der Waals surface area contributed by atoms with Gasteiger partial charge in [0.1, 0.15) is 0 Å². The van der Waals surface area contributed by atoms with Crippen LogP contribution in [-0.4, -0.2) is 9.67 Å². The Labute approximate surface area is 103 Å². The largest absolute Gasteiger partial charge is 0.390 e. The molecular formula is C15H19NO. The van der Waals surface area contributed by atoms with Crippen LogP contribution in [0.25, 0.3) is 0 Å². The summed E-state index contributed by atoms with van der Waals surface area (Å²) in [5.41, 5.74) is 3.60. The molecular weight excluding hydrogens is 210 g/mol. The lowest BCUT2D eigenvalue weighted by Crippen LogP contribution is -2.07. The molecule has 0 aliphatic carbocycles. The van der Waals surface area contributed by atoms with E-state index in [1.54, 1.807) is 0 Å². The Morgan fingerprint density at radius 3 is 2.35 bits per heavy atom. The van der Waals surface area contributed by atoms with E-state index in [-0.39, 0.29) is 6.61 Å². The highest BCUT2D eigenvalue weighted by Crippen LogP contribution is 2.15. The maximum atomic E-state index is 9.30. The zero-order chi connectivity index (χ0) is 12.1. The predicted molar refractivity (Wildman–Crippen MR) is 69.9 cm³/mol. The standard InChI is InChI=1S/C15H19NO/c1-2-10-16-14(8-9-15(16)12-17)11-13-6-4-3-5-7-13/h3-9,17H,2,10-12H2,1H3. The van der Waals surface area contributed by atoms with Gasteiger partial charge in [-0.2, -0.15) is 0 Å². The van der Waals surface area contributed by atoms with Gasteiger partial charge in [-0.05, 0) is 24.1 Å². The van der Waals surface area contributed by atoms with Gasteiger partial charge in [0.15, 0.2) is 0 Å². The predicted octanol–water partition coefficient (Wildman–Crippen LogP) is 2.98. The first-order valence-corrected chi connectivity index (χ1v) is 6.17. The summed E-state index contributed by atoms with van der Waals surface area (Å²) in [7, 11) is 0. The molecule has 0 unspecified atom stereocenters. The lowest BCUT2D eigenvalue weighted by Gasteiger charge is -2.11. The quantitative estimate of drug-likeness (QED) is 0.837. The minimum absolute atomic E-state index is 0.120. The molecule has 2 aromatic rings. The van der Waals surface area contributed by atoms with Crippen molar-refractivity contribution in [2.24, 2.45) is 0 Å². The number of rotatable bonds is 5. The number of aliphatic hydroxyl groups excluding tert-OH is 1. The van der Waals surface area contributed by atoms with Gasteiger partial charge in [0.2, 0.25) is 0 Å². The zero-order valence-corrected chi connectivity index (χ0v) is 10.3. The summed E-state index contributed by atoms with van der Waals surface area (Å²) in [5, 5.41) is 9.30. The Bertz CT molecular complexity index is 459. The molecule has 90 valence electrons. The van der Waals surface area contributed by atoms with Crippen molar-refractivity contribution >= 4 is 0 Å². The fourth-order valence-electron chi connectivity index (χ4n) is 2.17. The van der Waals surface area contributed by atoms with Crippen LogP contribution in [0.4, 0.5) is 0 Å². The maximum Gasteiger partial charge on any atom is 0.0832 e. The molecule has 1 heterocycles. The second-order valence-electron chi connectivity index (χ2n) is 4.29. The molecule has 2 nitrogen and oxygen atoms in total. The molecule has 0 radical (unpaired) electrons. The van der Waals surface area contributed by atoms with Gasteiger partial charge in [0.05, 0.1) is 6.61 Å². The smallest absolute Gasteiger partial charge is 0.0832 e. The molecule has 1 N–H and O–H groups in total. The Morgan fingerprint density at radius 2 is 1.71 bits per heavy atom. The number of aromatic nitrogens is 1. The molecule has 0 saturated heterocycles. The molecule has 17 heavy (non-hydrogen) atoms. The Balaban J connectivity index is 2.23. The highest BCUT2D eigenvalue weighted by atomic mass is 16.3. The second-order valence-corrected chi connectivity index (χ2v) is 4.29. The van der Waals surface area contributed by atoms with Crippen LogP contribution in [0.3, 0.4) is 0 Å². The van der Waals surface area contributed by atoms with E-state index in [9.17, 15) is 5.11 Å². The molecule has 1 aromatic carbocycles. The van der Waals surface area contributed by atoms with Crippen LogP contribution in [0.15, 0.2) is 42.5 Å². The van der Waals surface area contributed by atoms with E-state index in [2.05, 4.69) is 41.8 Å². The summed E-state index contributed by atoms with van der Waals surface area (Å²) in [6.45, 7) is 3.26. The maximum absolute atomic E-state index is 9.30. The van der Waals surface area contributed by atoms with E-state index in [1.807, 2.05) is 12.1 Å². The first-order valence-electron chi connectivity index (χ1n) is 6.17. The van der Waals surface area contributed by atoms with E-state index in [0.29, 0.717) is 0 Å². The third kappa shape index (κ3) is 2.77. The molecule has 0 amide bonds.